The Morgan fingerprint density at radius 3 is 2.67 bits per heavy atom. The second kappa shape index (κ2) is 8.81. The van der Waals surface area contributed by atoms with Gasteiger partial charge in [0.2, 0.25) is 0 Å². The Hall–Kier alpha value is -0.220. The van der Waals surface area contributed by atoms with Crippen molar-refractivity contribution in [2.45, 2.75) is 56.6 Å². The molecular formula is C14H27NO2S. The minimum atomic E-state index is -0.115. The lowest BCUT2D eigenvalue weighted by atomic mass is 9.88. The molecule has 0 aliphatic heterocycles. The molecule has 0 amide bonds. The maximum atomic E-state index is 11.5. The van der Waals surface area contributed by atoms with Crippen LogP contribution < -0.4 is 5.32 Å². The first kappa shape index (κ1) is 15.8. The van der Waals surface area contributed by atoms with Crippen molar-refractivity contribution in [2.24, 2.45) is 0 Å². The molecule has 1 aliphatic carbocycles. The molecule has 0 atom stereocenters. The van der Waals surface area contributed by atoms with E-state index >= 15 is 0 Å². The zero-order valence-electron chi connectivity index (χ0n) is 11.8. The second-order valence-electron chi connectivity index (χ2n) is 5.13. The fraction of sp³-hybridized carbons (Fsp3) is 0.929. The summed E-state index contributed by atoms with van der Waals surface area (Å²) >= 11 is 1.95. The van der Waals surface area contributed by atoms with Gasteiger partial charge in [0, 0.05) is 11.3 Å². The Kier molecular flexibility index (Phi) is 7.75. The molecule has 0 radical (unpaired) electrons. The van der Waals surface area contributed by atoms with Crippen molar-refractivity contribution in [1.29, 1.82) is 0 Å². The fourth-order valence-corrected chi connectivity index (χ4v) is 3.37. The van der Waals surface area contributed by atoms with Crippen LogP contribution in [0, 0.1) is 0 Å². The Balaban J connectivity index is 2.16. The summed E-state index contributed by atoms with van der Waals surface area (Å²) in [7, 11) is 0. The molecule has 0 unspecified atom stereocenters. The van der Waals surface area contributed by atoms with Gasteiger partial charge in [0.15, 0.2) is 0 Å². The van der Waals surface area contributed by atoms with Crippen LogP contribution in [0.5, 0.6) is 0 Å². The summed E-state index contributed by atoms with van der Waals surface area (Å²) in [5.41, 5.74) is 0. The van der Waals surface area contributed by atoms with E-state index in [-0.39, 0.29) is 5.97 Å². The van der Waals surface area contributed by atoms with Crippen LogP contribution in [-0.2, 0) is 9.53 Å². The topological polar surface area (TPSA) is 38.3 Å². The summed E-state index contributed by atoms with van der Waals surface area (Å²) in [6, 6.07) is 0. The molecule has 3 nitrogen and oxygen atoms in total. The van der Waals surface area contributed by atoms with E-state index in [1.54, 1.807) is 0 Å². The van der Waals surface area contributed by atoms with Gasteiger partial charge in [0.25, 0.3) is 0 Å². The maximum Gasteiger partial charge on any atom is 0.319 e. The summed E-state index contributed by atoms with van der Waals surface area (Å²) in [5, 5.41) is 3.28. The molecule has 0 aromatic carbocycles. The van der Waals surface area contributed by atoms with Crippen molar-refractivity contribution in [3.8, 4) is 0 Å². The van der Waals surface area contributed by atoms with Crippen LogP contribution in [0.4, 0.5) is 0 Å². The highest BCUT2D eigenvalue weighted by molar-refractivity contribution is 8.00. The first-order chi connectivity index (χ1) is 8.72. The second-order valence-corrected chi connectivity index (χ2v) is 6.40. The number of hydrogen-bond acceptors (Lipinski definition) is 4. The first-order valence-corrected chi connectivity index (χ1v) is 8.36. The van der Waals surface area contributed by atoms with Crippen LogP contribution in [0.1, 0.15) is 51.9 Å². The van der Waals surface area contributed by atoms with Gasteiger partial charge in [-0.1, -0.05) is 32.6 Å². The molecule has 0 saturated heterocycles. The van der Waals surface area contributed by atoms with Crippen molar-refractivity contribution in [3.05, 3.63) is 0 Å². The van der Waals surface area contributed by atoms with Gasteiger partial charge >= 0.3 is 5.97 Å². The third-order valence-corrected chi connectivity index (χ3v) is 5.09. The van der Waals surface area contributed by atoms with E-state index in [2.05, 4.69) is 18.5 Å². The molecule has 4 heteroatoms. The molecule has 0 aromatic rings. The summed E-state index contributed by atoms with van der Waals surface area (Å²) < 4.78 is 5.48. The summed E-state index contributed by atoms with van der Waals surface area (Å²) in [5.74, 6) is -0.115. The Morgan fingerprint density at radius 2 is 2.06 bits per heavy atom. The number of rotatable bonds is 8. The van der Waals surface area contributed by atoms with Crippen LogP contribution >= 0.6 is 11.8 Å². The standard InChI is InChI=1S/C14H27NO2S/c1-3-4-10-17-13(16)11-15-12-14(18-2)8-6-5-7-9-14/h15H,3-12H2,1-2H3. The van der Waals surface area contributed by atoms with Crippen LogP contribution in [0.3, 0.4) is 0 Å². The third-order valence-electron chi connectivity index (χ3n) is 3.68. The maximum absolute atomic E-state index is 11.5. The van der Waals surface area contributed by atoms with Gasteiger partial charge in [0.1, 0.15) is 0 Å². The Morgan fingerprint density at radius 1 is 1.33 bits per heavy atom. The molecule has 106 valence electrons. The molecule has 1 aliphatic rings. The zero-order chi connectivity index (χ0) is 13.3. The van der Waals surface area contributed by atoms with E-state index in [9.17, 15) is 4.79 Å². The highest BCUT2D eigenvalue weighted by Gasteiger charge is 2.30. The van der Waals surface area contributed by atoms with E-state index in [0.29, 0.717) is 17.9 Å². The smallest absolute Gasteiger partial charge is 0.319 e. The van der Waals surface area contributed by atoms with Gasteiger partial charge in [0.05, 0.1) is 13.2 Å². The molecule has 0 spiro atoms. The van der Waals surface area contributed by atoms with Crippen LogP contribution in [0.2, 0.25) is 0 Å². The number of hydrogen-bond donors (Lipinski definition) is 1. The summed E-state index contributed by atoms with van der Waals surface area (Å²) in [6.45, 7) is 3.94. The lowest BCUT2D eigenvalue weighted by molar-refractivity contribution is -0.142. The first-order valence-electron chi connectivity index (χ1n) is 7.14. The normalized spacial score (nSPS) is 18.6. The van der Waals surface area contributed by atoms with E-state index < -0.39 is 0 Å². The van der Waals surface area contributed by atoms with E-state index in [1.165, 1.54) is 32.1 Å². The number of unbranched alkanes of at least 4 members (excludes halogenated alkanes) is 1. The largest absolute Gasteiger partial charge is 0.465 e. The molecule has 0 bridgehead atoms. The van der Waals surface area contributed by atoms with E-state index in [0.717, 1.165) is 19.4 Å². The third kappa shape index (κ3) is 5.61. The Bertz CT molecular complexity index is 240. The highest BCUT2D eigenvalue weighted by Crippen LogP contribution is 2.37. The minimum absolute atomic E-state index is 0.115. The number of carbonyl (C=O) groups is 1. The van der Waals surface area contributed by atoms with Gasteiger partial charge < -0.3 is 10.1 Å². The number of thioether (sulfide) groups is 1. The lowest BCUT2D eigenvalue weighted by Crippen LogP contribution is -2.41. The number of esters is 1. The monoisotopic (exact) mass is 273 g/mol. The molecule has 0 aromatic heterocycles. The van der Waals surface area contributed by atoms with Gasteiger partial charge in [-0.25, -0.2) is 0 Å². The highest BCUT2D eigenvalue weighted by atomic mass is 32.2. The average molecular weight is 273 g/mol. The number of carbonyl (C=O) groups excluding carboxylic acids is 1. The SMILES string of the molecule is CCCCOC(=O)CNCC1(SC)CCCCC1. The van der Waals surface area contributed by atoms with Crippen molar-refractivity contribution in [3.63, 3.8) is 0 Å². The van der Waals surface area contributed by atoms with Gasteiger partial charge in [-0.05, 0) is 25.5 Å². The quantitative estimate of drug-likeness (QED) is 0.545. The van der Waals surface area contributed by atoms with Crippen molar-refractivity contribution in [2.75, 3.05) is 26.0 Å². The molecule has 1 N–H and O–H groups in total. The number of ether oxygens (including phenoxy) is 1. The summed E-state index contributed by atoms with van der Waals surface area (Å²) in [4.78, 5) is 11.5. The predicted molar refractivity (Wildman–Crippen MR) is 78.1 cm³/mol. The lowest BCUT2D eigenvalue weighted by Gasteiger charge is -2.35. The molecule has 1 rings (SSSR count). The Labute approximate surface area is 115 Å². The molecule has 1 saturated carbocycles. The van der Waals surface area contributed by atoms with Crippen LogP contribution in [0.25, 0.3) is 0 Å². The van der Waals surface area contributed by atoms with Gasteiger partial charge in [-0.15, -0.1) is 0 Å². The minimum Gasteiger partial charge on any atom is -0.465 e. The molecular weight excluding hydrogens is 246 g/mol. The van der Waals surface area contributed by atoms with E-state index in [1.807, 2.05) is 11.8 Å². The van der Waals surface area contributed by atoms with E-state index in [4.69, 9.17) is 4.74 Å². The van der Waals surface area contributed by atoms with Crippen molar-refractivity contribution < 1.29 is 9.53 Å². The predicted octanol–water partition coefficient (Wildman–Crippen LogP) is 2.99. The van der Waals surface area contributed by atoms with Crippen LogP contribution in [0.15, 0.2) is 0 Å². The summed E-state index contributed by atoms with van der Waals surface area (Å²) in [6.07, 6.45) is 10.8. The van der Waals surface area contributed by atoms with Crippen molar-refractivity contribution >= 4 is 17.7 Å². The number of nitrogens with one attached hydrogen (secondary N) is 1. The average Bonchev–Trinajstić information content (AvgIpc) is 2.40. The van der Waals surface area contributed by atoms with Gasteiger partial charge in [-0.3, -0.25) is 4.79 Å². The van der Waals surface area contributed by atoms with Crippen molar-refractivity contribution in [1.82, 2.24) is 5.32 Å². The molecule has 0 heterocycles. The van der Waals surface area contributed by atoms with Crippen LogP contribution in [-0.4, -0.2) is 36.7 Å². The molecule has 1 fully saturated rings. The molecule has 18 heavy (non-hydrogen) atoms. The van der Waals surface area contributed by atoms with Gasteiger partial charge in [-0.2, -0.15) is 11.8 Å². The zero-order valence-corrected chi connectivity index (χ0v) is 12.6. The fourth-order valence-electron chi connectivity index (χ4n) is 2.42.